The smallest absolute Gasteiger partial charge is 0.128 e. The van der Waals surface area contributed by atoms with Crippen LogP contribution in [0.1, 0.15) is 33.7 Å². The van der Waals surface area contributed by atoms with Gasteiger partial charge in [0.1, 0.15) is 11.9 Å². The lowest BCUT2D eigenvalue weighted by Gasteiger charge is -2.32. The summed E-state index contributed by atoms with van der Waals surface area (Å²) in [4.78, 5) is 2.43. The van der Waals surface area contributed by atoms with Crippen LogP contribution in [0.25, 0.3) is 55.3 Å². The minimum absolute atomic E-state index is 0.0734. The number of rotatable bonds is 5. The predicted octanol–water partition coefficient (Wildman–Crippen LogP) is 15.0. The van der Waals surface area contributed by atoms with Gasteiger partial charge in [-0.05, 0) is 144 Å². The number of nitrogens with zero attached hydrogens (tertiary/aromatic N) is 1. The highest BCUT2D eigenvalue weighted by molar-refractivity contribution is 6.00. The van der Waals surface area contributed by atoms with Crippen molar-refractivity contribution in [3.8, 4) is 50.3 Å². The summed E-state index contributed by atoms with van der Waals surface area (Å²) in [5, 5.41) is 2.53. The number of benzene rings is 9. The summed E-state index contributed by atoms with van der Waals surface area (Å²) in [7, 11) is 0. The van der Waals surface area contributed by atoms with Gasteiger partial charge >= 0.3 is 0 Å². The van der Waals surface area contributed by atoms with Crippen molar-refractivity contribution < 1.29 is 4.74 Å². The van der Waals surface area contributed by atoms with E-state index in [1.807, 2.05) is 0 Å². The van der Waals surface area contributed by atoms with Crippen molar-refractivity contribution in [3.05, 3.63) is 252 Å². The Morgan fingerprint density at radius 3 is 1.66 bits per heavy atom. The van der Waals surface area contributed by atoms with Gasteiger partial charge in [0.05, 0.1) is 5.41 Å². The van der Waals surface area contributed by atoms with E-state index < -0.39 is 5.41 Å². The third-order valence-corrected chi connectivity index (χ3v) is 13.6. The van der Waals surface area contributed by atoms with Gasteiger partial charge in [0.15, 0.2) is 0 Å². The monoisotopic (exact) mass is 777 g/mol. The molecular formula is C59H39NO. The fraction of sp³-hybridized carbons (Fsp3) is 0.0508. The maximum absolute atomic E-state index is 6.29. The number of hydrogen-bond donors (Lipinski definition) is 0. The molecule has 9 aromatic carbocycles. The molecule has 1 aliphatic heterocycles. The van der Waals surface area contributed by atoms with E-state index in [9.17, 15) is 0 Å². The van der Waals surface area contributed by atoms with Crippen LogP contribution in [0, 0.1) is 0 Å². The average molecular weight is 778 g/mol. The zero-order chi connectivity index (χ0) is 40.1. The third-order valence-electron chi connectivity index (χ3n) is 13.6. The van der Waals surface area contributed by atoms with Crippen LogP contribution in [0.2, 0.25) is 0 Å². The van der Waals surface area contributed by atoms with Gasteiger partial charge in [-0.15, -0.1) is 0 Å². The molecule has 3 unspecified atom stereocenters. The normalized spacial score (nSPS) is 18.2. The zero-order valence-electron chi connectivity index (χ0n) is 33.4. The first-order valence-corrected chi connectivity index (χ1v) is 21.3. The minimum Gasteiger partial charge on any atom is -0.485 e. The van der Waals surface area contributed by atoms with Crippen LogP contribution in [-0.2, 0) is 5.41 Å². The van der Waals surface area contributed by atoms with E-state index in [0.717, 1.165) is 22.8 Å². The summed E-state index contributed by atoms with van der Waals surface area (Å²) in [6, 6.07) is 74.4. The molecule has 2 heteroatoms. The highest BCUT2D eigenvalue weighted by atomic mass is 16.5. The molecule has 13 rings (SSSR count). The molecule has 1 spiro atoms. The molecule has 0 radical (unpaired) electrons. The molecule has 0 amide bonds. The zero-order valence-corrected chi connectivity index (χ0v) is 33.4. The Labute approximate surface area is 356 Å². The Kier molecular flexibility index (Phi) is 7.38. The molecule has 4 aliphatic rings. The molecule has 0 saturated carbocycles. The fourth-order valence-electron chi connectivity index (χ4n) is 10.9. The SMILES string of the molecule is C1=CC2Oc3ccc(-c4ccc(N(c5ccc(-c6ccccc6)cc5)c5ccc6c(c5)C5(c7ccccc7-6)c6ccccc6-c6cc7ccccc7cc65)cc4)cc3C2C=C1. The molecule has 2 nitrogen and oxygen atoms in total. The minimum atomic E-state index is -0.468. The molecule has 286 valence electrons. The molecule has 3 aliphatic carbocycles. The molecule has 0 bridgehead atoms. The quantitative estimate of drug-likeness (QED) is 0.173. The second-order valence-corrected chi connectivity index (χ2v) is 16.7. The van der Waals surface area contributed by atoms with Crippen molar-refractivity contribution >= 4 is 27.8 Å². The van der Waals surface area contributed by atoms with Gasteiger partial charge in [-0.25, -0.2) is 0 Å². The maximum Gasteiger partial charge on any atom is 0.128 e. The van der Waals surface area contributed by atoms with Crippen molar-refractivity contribution in [2.45, 2.75) is 17.4 Å². The lowest BCUT2D eigenvalue weighted by molar-refractivity contribution is 0.269. The number of ether oxygens (including phenoxy) is 1. The van der Waals surface area contributed by atoms with Gasteiger partial charge in [-0.3, -0.25) is 0 Å². The van der Waals surface area contributed by atoms with E-state index in [4.69, 9.17) is 4.74 Å². The molecule has 3 atom stereocenters. The molecule has 1 heterocycles. The maximum atomic E-state index is 6.29. The van der Waals surface area contributed by atoms with Crippen LogP contribution in [0.4, 0.5) is 17.1 Å². The van der Waals surface area contributed by atoms with Crippen LogP contribution < -0.4 is 9.64 Å². The van der Waals surface area contributed by atoms with Crippen molar-refractivity contribution in [2.24, 2.45) is 0 Å². The second-order valence-electron chi connectivity index (χ2n) is 16.7. The Balaban J connectivity index is 0.987. The van der Waals surface area contributed by atoms with E-state index in [0.29, 0.717) is 0 Å². The highest BCUT2D eigenvalue weighted by Crippen LogP contribution is 2.64. The Bertz CT molecular complexity index is 3290. The summed E-state index contributed by atoms with van der Waals surface area (Å²) in [6.45, 7) is 0. The molecule has 0 aromatic heterocycles. The topological polar surface area (TPSA) is 12.5 Å². The summed E-state index contributed by atoms with van der Waals surface area (Å²) < 4.78 is 6.29. The van der Waals surface area contributed by atoms with Gasteiger partial charge in [0, 0.05) is 28.5 Å². The van der Waals surface area contributed by atoms with Gasteiger partial charge < -0.3 is 9.64 Å². The average Bonchev–Trinajstić information content (AvgIpc) is 3.95. The Hall–Kier alpha value is -7.68. The number of allylic oxidation sites excluding steroid dienone is 2. The van der Waals surface area contributed by atoms with E-state index in [1.165, 1.54) is 83.1 Å². The molecular weight excluding hydrogens is 739 g/mol. The molecule has 0 fully saturated rings. The van der Waals surface area contributed by atoms with Gasteiger partial charge in [0.25, 0.3) is 0 Å². The first-order chi connectivity index (χ1) is 30.2. The largest absolute Gasteiger partial charge is 0.485 e. The molecule has 9 aromatic rings. The van der Waals surface area contributed by atoms with Crippen molar-refractivity contribution in [1.82, 2.24) is 0 Å². The third kappa shape index (κ3) is 5.03. The Morgan fingerprint density at radius 2 is 0.918 bits per heavy atom. The van der Waals surface area contributed by atoms with E-state index in [-0.39, 0.29) is 12.0 Å². The van der Waals surface area contributed by atoms with E-state index in [1.54, 1.807) is 0 Å². The van der Waals surface area contributed by atoms with Crippen molar-refractivity contribution in [1.29, 1.82) is 0 Å². The van der Waals surface area contributed by atoms with Crippen molar-refractivity contribution in [2.75, 3.05) is 4.90 Å². The van der Waals surface area contributed by atoms with Crippen LogP contribution >= 0.6 is 0 Å². The van der Waals surface area contributed by atoms with Crippen molar-refractivity contribution in [3.63, 3.8) is 0 Å². The summed E-state index contributed by atoms with van der Waals surface area (Å²) in [5.41, 5.74) is 19.5. The summed E-state index contributed by atoms with van der Waals surface area (Å²) in [5.74, 6) is 1.23. The van der Waals surface area contributed by atoms with E-state index in [2.05, 4.69) is 229 Å². The predicted molar refractivity (Wildman–Crippen MR) is 251 cm³/mol. The molecule has 61 heavy (non-hydrogen) atoms. The van der Waals surface area contributed by atoms with Gasteiger partial charge in [-0.1, -0.05) is 158 Å². The van der Waals surface area contributed by atoms with Crippen LogP contribution in [0.15, 0.2) is 224 Å². The molecule has 0 N–H and O–H groups in total. The first kappa shape index (κ1) is 34.2. The fourth-order valence-corrected chi connectivity index (χ4v) is 10.9. The summed E-state index contributed by atoms with van der Waals surface area (Å²) >= 11 is 0. The van der Waals surface area contributed by atoms with E-state index >= 15 is 0 Å². The standard InChI is InChI=1S/C59H39NO/c1-2-12-38(13-3-1)39-22-27-44(28-23-39)60(45-29-24-40(25-30-45)43-26-33-58-52(35-43)50-18-8-11-21-57(50)61-58)46-31-32-49-47-16-6-9-19-53(47)59(56(49)37-46)54-20-10-7-17-48(54)51-34-41-14-4-5-15-42(41)36-55(51)59/h1-37,50,57H. The summed E-state index contributed by atoms with van der Waals surface area (Å²) in [6.07, 6.45) is 8.71. The van der Waals surface area contributed by atoms with Gasteiger partial charge in [-0.2, -0.15) is 0 Å². The molecule has 0 saturated heterocycles. The lowest BCUT2D eigenvalue weighted by atomic mass is 9.70. The Morgan fingerprint density at radius 1 is 0.377 bits per heavy atom. The lowest BCUT2D eigenvalue weighted by Crippen LogP contribution is -2.26. The first-order valence-electron chi connectivity index (χ1n) is 21.3. The van der Waals surface area contributed by atoms with Crippen LogP contribution in [-0.4, -0.2) is 6.10 Å². The van der Waals surface area contributed by atoms with Crippen LogP contribution in [0.5, 0.6) is 5.75 Å². The number of hydrogen-bond acceptors (Lipinski definition) is 2. The van der Waals surface area contributed by atoms with Gasteiger partial charge in [0.2, 0.25) is 0 Å². The number of fused-ring (bicyclic) bond motifs is 14. The van der Waals surface area contributed by atoms with Crippen LogP contribution in [0.3, 0.4) is 0 Å². The second kappa shape index (κ2) is 13.2. The number of anilines is 3. The highest BCUT2D eigenvalue weighted by Gasteiger charge is 2.52.